The molecule has 0 bridgehead atoms. The lowest BCUT2D eigenvalue weighted by molar-refractivity contribution is -0.167. The highest BCUT2D eigenvalue weighted by molar-refractivity contribution is 5.71. The average molecular weight is 821 g/mol. The molecule has 0 amide bonds. The Hall–Kier alpha value is -1.59. The molecule has 0 aromatic heterocycles. The summed E-state index contributed by atoms with van der Waals surface area (Å²) in [5, 5.41) is 0. The van der Waals surface area contributed by atoms with E-state index in [1.165, 1.54) is 173 Å². The fraction of sp³-hybridized carbons (Fsp3) is 0.942. The maximum Gasteiger partial charge on any atom is 0.306 e. The van der Waals surface area contributed by atoms with Crippen molar-refractivity contribution in [3.63, 3.8) is 0 Å². The van der Waals surface area contributed by atoms with Crippen LogP contribution in [0.15, 0.2) is 0 Å². The van der Waals surface area contributed by atoms with E-state index < -0.39 is 6.10 Å². The molecule has 0 radical (unpaired) electrons. The van der Waals surface area contributed by atoms with Crippen molar-refractivity contribution in [2.75, 3.05) is 13.2 Å². The van der Waals surface area contributed by atoms with Gasteiger partial charge in [0.25, 0.3) is 0 Å². The van der Waals surface area contributed by atoms with Crippen molar-refractivity contribution in [2.45, 2.75) is 291 Å². The van der Waals surface area contributed by atoms with E-state index in [0.29, 0.717) is 19.3 Å². The topological polar surface area (TPSA) is 78.9 Å². The zero-order valence-electron chi connectivity index (χ0n) is 39.7. The monoisotopic (exact) mass is 821 g/mol. The summed E-state index contributed by atoms with van der Waals surface area (Å²) in [6, 6.07) is 0. The van der Waals surface area contributed by atoms with E-state index in [9.17, 15) is 14.4 Å². The Bertz CT molecular complexity index is 887. The average Bonchev–Trinajstić information content (AvgIpc) is 3.21. The third-order valence-electron chi connectivity index (χ3n) is 12.1. The SMILES string of the molecule is CCCCCCCCCCCCCCCCCCCCCC(=O)OC[C@@H](COC(=O)CCCCCCCCC(C)CC)OC(=O)CCCCCCCCCCC(C)C. The van der Waals surface area contributed by atoms with Crippen molar-refractivity contribution in [3.05, 3.63) is 0 Å². The predicted molar refractivity (Wildman–Crippen MR) is 247 cm³/mol. The second kappa shape index (κ2) is 44.9. The normalized spacial score (nSPS) is 12.5. The molecule has 6 heteroatoms. The van der Waals surface area contributed by atoms with Crippen molar-refractivity contribution >= 4 is 17.9 Å². The van der Waals surface area contributed by atoms with Crippen molar-refractivity contribution < 1.29 is 28.6 Å². The standard InChI is InChI=1S/C52H100O6/c1-6-8-9-10-11-12-13-14-15-16-17-18-19-20-21-22-26-32-37-42-50(53)56-45-49(46-57-51(54)43-38-33-29-28-31-36-41-48(5)7-2)58-52(55)44-39-34-27-24-23-25-30-35-40-47(3)4/h47-49H,6-46H2,1-5H3/t48?,49-/m0/s1. The van der Waals surface area contributed by atoms with Gasteiger partial charge in [0.15, 0.2) is 6.10 Å². The highest BCUT2D eigenvalue weighted by atomic mass is 16.6. The van der Waals surface area contributed by atoms with Crippen LogP contribution in [0.1, 0.15) is 285 Å². The number of rotatable bonds is 46. The van der Waals surface area contributed by atoms with Crippen LogP contribution in [0.5, 0.6) is 0 Å². The first-order valence-electron chi connectivity index (χ1n) is 25.8. The Morgan fingerprint density at radius 3 is 0.983 bits per heavy atom. The highest BCUT2D eigenvalue weighted by Gasteiger charge is 2.19. The minimum Gasteiger partial charge on any atom is -0.462 e. The minimum absolute atomic E-state index is 0.0650. The van der Waals surface area contributed by atoms with Gasteiger partial charge >= 0.3 is 17.9 Å². The third-order valence-corrected chi connectivity index (χ3v) is 12.1. The lowest BCUT2D eigenvalue weighted by Gasteiger charge is -2.18. The van der Waals surface area contributed by atoms with E-state index in [2.05, 4.69) is 34.6 Å². The van der Waals surface area contributed by atoms with Gasteiger partial charge in [0.2, 0.25) is 0 Å². The van der Waals surface area contributed by atoms with E-state index in [4.69, 9.17) is 14.2 Å². The second-order valence-corrected chi connectivity index (χ2v) is 18.5. The van der Waals surface area contributed by atoms with Gasteiger partial charge in [-0.3, -0.25) is 14.4 Å². The molecule has 6 nitrogen and oxygen atoms in total. The molecule has 58 heavy (non-hydrogen) atoms. The number of hydrogen-bond acceptors (Lipinski definition) is 6. The van der Waals surface area contributed by atoms with Crippen LogP contribution in [-0.2, 0) is 28.6 Å². The van der Waals surface area contributed by atoms with Gasteiger partial charge in [0.1, 0.15) is 13.2 Å². The Morgan fingerprint density at radius 1 is 0.362 bits per heavy atom. The molecule has 0 rings (SSSR count). The molecule has 0 aliphatic rings. The van der Waals surface area contributed by atoms with Gasteiger partial charge in [-0.2, -0.15) is 0 Å². The van der Waals surface area contributed by atoms with E-state index in [-0.39, 0.29) is 31.1 Å². The Morgan fingerprint density at radius 2 is 0.655 bits per heavy atom. The molecule has 0 saturated heterocycles. The summed E-state index contributed by atoms with van der Waals surface area (Å²) in [7, 11) is 0. The molecule has 1 unspecified atom stereocenters. The third kappa shape index (κ3) is 44.0. The first kappa shape index (κ1) is 56.4. The van der Waals surface area contributed by atoms with E-state index in [1.807, 2.05) is 0 Å². The fourth-order valence-electron chi connectivity index (χ4n) is 7.78. The van der Waals surface area contributed by atoms with Crippen LogP contribution in [0.2, 0.25) is 0 Å². The van der Waals surface area contributed by atoms with Crippen LogP contribution in [0.25, 0.3) is 0 Å². The van der Waals surface area contributed by atoms with Crippen molar-refractivity contribution in [1.29, 1.82) is 0 Å². The minimum atomic E-state index is -0.762. The Kier molecular flexibility index (Phi) is 43.7. The maximum atomic E-state index is 12.7. The van der Waals surface area contributed by atoms with Gasteiger partial charge < -0.3 is 14.2 Å². The second-order valence-electron chi connectivity index (χ2n) is 18.5. The van der Waals surface area contributed by atoms with Crippen molar-refractivity contribution in [3.8, 4) is 0 Å². The lowest BCUT2D eigenvalue weighted by atomic mass is 10.00. The number of carbonyl (C=O) groups excluding carboxylic acids is 3. The lowest BCUT2D eigenvalue weighted by Crippen LogP contribution is -2.30. The molecule has 0 aliphatic heterocycles. The molecular weight excluding hydrogens is 721 g/mol. The van der Waals surface area contributed by atoms with Crippen LogP contribution in [0.4, 0.5) is 0 Å². The van der Waals surface area contributed by atoms with Gasteiger partial charge in [-0.15, -0.1) is 0 Å². The van der Waals surface area contributed by atoms with Gasteiger partial charge in [0.05, 0.1) is 0 Å². The van der Waals surface area contributed by atoms with E-state index >= 15 is 0 Å². The molecule has 0 aliphatic carbocycles. The summed E-state index contributed by atoms with van der Waals surface area (Å²) in [6.07, 6.45) is 45.3. The summed E-state index contributed by atoms with van der Waals surface area (Å²) < 4.78 is 16.8. The van der Waals surface area contributed by atoms with Crippen molar-refractivity contribution in [1.82, 2.24) is 0 Å². The first-order valence-corrected chi connectivity index (χ1v) is 25.8. The number of ether oxygens (including phenoxy) is 3. The quantitative estimate of drug-likeness (QED) is 0.0346. The molecule has 0 fully saturated rings. The van der Waals surface area contributed by atoms with Gasteiger partial charge in [-0.25, -0.2) is 0 Å². The molecule has 0 aromatic rings. The highest BCUT2D eigenvalue weighted by Crippen LogP contribution is 2.18. The summed E-state index contributed by atoms with van der Waals surface area (Å²) in [5.41, 5.74) is 0. The zero-order valence-corrected chi connectivity index (χ0v) is 39.7. The zero-order chi connectivity index (χ0) is 42.6. The smallest absolute Gasteiger partial charge is 0.306 e. The molecule has 0 spiro atoms. The predicted octanol–water partition coefficient (Wildman–Crippen LogP) is 16.5. The Labute approximate surface area is 361 Å². The molecule has 344 valence electrons. The summed E-state index contributed by atoms with van der Waals surface area (Å²) >= 11 is 0. The van der Waals surface area contributed by atoms with Crippen LogP contribution in [0.3, 0.4) is 0 Å². The van der Waals surface area contributed by atoms with E-state index in [1.54, 1.807) is 0 Å². The molecule has 0 N–H and O–H groups in total. The molecule has 0 aromatic carbocycles. The number of esters is 3. The summed E-state index contributed by atoms with van der Waals surface area (Å²) in [6.45, 7) is 11.3. The number of unbranched alkanes of at least 4 members (excludes halogenated alkanes) is 30. The molecule has 0 saturated carbocycles. The number of carbonyl (C=O) groups is 3. The maximum absolute atomic E-state index is 12.7. The van der Waals surface area contributed by atoms with Gasteiger partial charge in [-0.05, 0) is 31.1 Å². The van der Waals surface area contributed by atoms with Crippen LogP contribution in [-0.4, -0.2) is 37.2 Å². The van der Waals surface area contributed by atoms with Crippen LogP contribution >= 0.6 is 0 Å². The van der Waals surface area contributed by atoms with Crippen LogP contribution < -0.4 is 0 Å². The Balaban J connectivity index is 4.23. The number of hydrogen-bond donors (Lipinski definition) is 0. The fourth-order valence-corrected chi connectivity index (χ4v) is 7.78. The molecular formula is C52H100O6. The largest absolute Gasteiger partial charge is 0.462 e. The first-order chi connectivity index (χ1) is 28.3. The molecule has 2 atom stereocenters. The van der Waals surface area contributed by atoms with Crippen molar-refractivity contribution in [2.24, 2.45) is 11.8 Å². The van der Waals surface area contributed by atoms with Crippen LogP contribution in [0, 0.1) is 11.8 Å². The summed E-state index contributed by atoms with van der Waals surface area (Å²) in [4.78, 5) is 37.8. The summed E-state index contributed by atoms with van der Waals surface area (Å²) in [5.74, 6) is 0.752. The molecule has 0 heterocycles. The van der Waals surface area contributed by atoms with E-state index in [0.717, 1.165) is 69.6 Å². The van der Waals surface area contributed by atoms with Gasteiger partial charge in [-0.1, -0.05) is 247 Å². The van der Waals surface area contributed by atoms with Gasteiger partial charge in [0, 0.05) is 19.3 Å².